The smallest absolute Gasteiger partial charge is 0.314 e. The van der Waals surface area contributed by atoms with E-state index in [1.54, 1.807) is 0 Å². The Kier molecular flexibility index (Phi) is 5.26. The van der Waals surface area contributed by atoms with Gasteiger partial charge in [0.25, 0.3) is 0 Å². The summed E-state index contributed by atoms with van der Waals surface area (Å²) in [7, 11) is 0. The molecule has 3 unspecified atom stereocenters. The third-order valence-corrected chi connectivity index (χ3v) is 4.76. The minimum atomic E-state index is -0.723. The zero-order chi connectivity index (χ0) is 14.5. The number of amides is 2. The number of nitrogens with one attached hydrogen (secondary N) is 2. The lowest BCUT2D eigenvalue weighted by Crippen LogP contribution is -2.43. The number of hydrogen-bond acceptors (Lipinski definition) is 2. The van der Waals surface area contributed by atoms with Crippen LogP contribution in [-0.4, -0.2) is 30.2 Å². The minimum absolute atomic E-state index is 0.0767. The molecule has 0 bridgehead atoms. The molecule has 0 aliphatic heterocycles. The molecule has 3 N–H and O–H groups in total. The van der Waals surface area contributed by atoms with E-state index in [0.717, 1.165) is 31.6 Å². The number of rotatable bonds is 6. The maximum Gasteiger partial charge on any atom is 0.314 e. The molecule has 2 fully saturated rings. The molecule has 0 aromatic heterocycles. The molecule has 0 saturated heterocycles. The Morgan fingerprint density at radius 2 is 1.85 bits per heavy atom. The van der Waals surface area contributed by atoms with Crippen molar-refractivity contribution in [3.63, 3.8) is 0 Å². The average Bonchev–Trinajstić information content (AvgIpc) is 3.27. The van der Waals surface area contributed by atoms with Crippen LogP contribution in [0, 0.1) is 23.7 Å². The summed E-state index contributed by atoms with van der Waals surface area (Å²) < 4.78 is 0. The Balaban J connectivity index is 1.67. The van der Waals surface area contributed by atoms with Crippen molar-refractivity contribution in [1.29, 1.82) is 0 Å². The quantitative estimate of drug-likeness (QED) is 0.699. The van der Waals surface area contributed by atoms with E-state index in [1.165, 1.54) is 12.8 Å². The second kappa shape index (κ2) is 6.95. The van der Waals surface area contributed by atoms with Gasteiger partial charge < -0.3 is 15.7 Å². The Morgan fingerprint density at radius 3 is 2.50 bits per heavy atom. The van der Waals surface area contributed by atoms with E-state index in [9.17, 15) is 14.7 Å². The SMILES string of the molecule is CC(CNC(=O)NCC1CCCCC1C(=O)O)C1CC1. The highest BCUT2D eigenvalue weighted by molar-refractivity contribution is 5.74. The summed E-state index contributed by atoms with van der Waals surface area (Å²) in [5.41, 5.74) is 0. The molecule has 0 aromatic carbocycles. The fourth-order valence-corrected chi connectivity index (χ4v) is 3.15. The van der Waals surface area contributed by atoms with Crippen LogP contribution >= 0.6 is 0 Å². The summed E-state index contributed by atoms with van der Waals surface area (Å²) in [6.45, 7) is 3.35. The molecular weight excluding hydrogens is 256 g/mol. The van der Waals surface area contributed by atoms with E-state index in [2.05, 4.69) is 17.6 Å². The van der Waals surface area contributed by atoms with Gasteiger partial charge in [-0.05, 0) is 43.4 Å². The predicted octanol–water partition coefficient (Wildman–Crippen LogP) is 2.22. The summed E-state index contributed by atoms with van der Waals surface area (Å²) in [4.78, 5) is 22.9. The fourth-order valence-electron chi connectivity index (χ4n) is 3.15. The fraction of sp³-hybridized carbons (Fsp3) is 0.867. The van der Waals surface area contributed by atoms with Crippen molar-refractivity contribution in [3.05, 3.63) is 0 Å². The van der Waals surface area contributed by atoms with Crippen LogP contribution in [0.1, 0.15) is 45.4 Å². The molecular formula is C15H26N2O3. The molecule has 0 radical (unpaired) electrons. The van der Waals surface area contributed by atoms with Gasteiger partial charge in [-0.2, -0.15) is 0 Å². The van der Waals surface area contributed by atoms with Gasteiger partial charge in [0.2, 0.25) is 0 Å². The first-order chi connectivity index (χ1) is 9.58. The number of carbonyl (C=O) groups is 2. The van der Waals surface area contributed by atoms with Crippen LogP contribution in [0.4, 0.5) is 4.79 Å². The molecule has 0 heterocycles. The van der Waals surface area contributed by atoms with Crippen LogP contribution in [0.5, 0.6) is 0 Å². The Labute approximate surface area is 120 Å². The second-order valence-corrected chi connectivity index (χ2v) is 6.39. The highest BCUT2D eigenvalue weighted by Gasteiger charge is 2.31. The van der Waals surface area contributed by atoms with E-state index >= 15 is 0 Å². The third kappa shape index (κ3) is 4.39. The first-order valence-corrected chi connectivity index (χ1v) is 7.82. The molecule has 20 heavy (non-hydrogen) atoms. The van der Waals surface area contributed by atoms with Crippen molar-refractivity contribution in [2.24, 2.45) is 23.7 Å². The van der Waals surface area contributed by atoms with Gasteiger partial charge in [-0.25, -0.2) is 4.79 Å². The highest BCUT2D eigenvalue weighted by atomic mass is 16.4. The Bertz CT molecular complexity index is 355. The zero-order valence-corrected chi connectivity index (χ0v) is 12.2. The van der Waals surface area contributed by atoms with Crippen molar-refractivity contribution in [3.8, 4) is 0 Å². The summed E-state index contributed by atoms with van der Waals surface area (Å²) in [6.07, 6.45) is 6.26. The molecule has 2 amide bonds. The second-order valence-electron chi connectivity index (χ2n) is 6.39. The topological polar surface area (TPSA) is 78.4 Å². The first-order valence-electron chi connectivity index (χ1n) is 7.82. The molecule has 2 saturated carbocycles. The van der Waals surface area contributed by atoms with Crippen molar-refractivity contribution >= 4 is 12.0 Å². The standard InChI is InChI=1S/C15H26N2O3/c1-10(11-6-7-11)8-16-15(20)17-9-12-4-2-3-5-13(12)14(18)19/h10-13H,2-9H2,1H3,(H,18,19)(H2,16,17,20). The van der Waals surface area contributed by atoms with Crippen LogP contribution in [0.15, 0.2) is 0 Å². The lowest BCUT2D eigenvalue weighted by Gasteiger charge is -2.28. The van der Waals surface area contributed by atoms with Gasteiger partial charge in [-0.3, -0.25) is 4.79 Å². The van der Waals surface area contributed by atoms with E-state index in [-0.39, 0.29) is 17.9 Å². The van der Waals surface area contributed by atoms with Gasteiger partial charge in [0.1, 0.15) is 0 Å². The number of hydrogen-bond donors (Lipinski definition) is 3. The molecule has 2 aliphatic rings. The molecule has 0 aromatic rings. The average molecular weight is 282 g/mol. The van der Waals surface area contributed by atoms with Gasteiger partial charge in [-0.15, -0.1) is 0 Å². The van der Waals surface area contributed by atoms with Gasteiger partial charge in [0.05, 0.1) is 5.92 Å². The molecule has 114 valence electrons. The van der Waals surface area contributed by atoms with Crippen LogP contribution < -0.4 is 10.6 Å². The van der Waals surface area contributed by atoms with Gasteiger partial charge >= 0.3 is 12.0 Å². The zero-order valence-electron chi connectivity index (χ0n) is 12.2. The van der Waals surface area contributed by atoms with E-state index in [0.29, 0.717) is 19.0 Å². The van der Waals surface area contributed by atoms with Crippen molar-refractivity contribution in [2.75, 3.05) is 13.1 Å². The van der Waals surface area contributed by atoms with E-state index in [1.807, 2.05) is 0 Å². The van der Waals surface area contributed by atoms with Gasteiger partial charge in [0.15, 0.2) is 0 Å². The van der Waals surface area contributed by atoms with Crippen molar-refractivity contribution < 1.29 is 14.7 Å². The highest BCUT2D eigenvalue weighted by Crippen LogP contribution is 2.36. The number of carbonyl (C=O) groups excluding carboxylic acids is 1. The van der Waals surface area contributed by atoms with E-state index < -0.39 is 5.97 Å². The maximum absolute atomic E-state index is 11.7. The normalized spacial score (nSPS) is 27.6. The lowest BCUT2D eigenvalue weighted by molar-refractivity contribution is -0.144. The van der Waals surface area contributed by atoms with Crippen molar-refractivity contribution in [1.82, 2.24) is 10.6 Å². The third-order valence-electron chi connectivity index (χ3n) is 4.76. The Morgan fingerprint density at radius 1 is 1.15 bits per heavy atom. The summed E-state index contributed by atoms with van der Waals surface area (Å²) in [6, 6.07) is -0.160. The van der Waals surface area contributed by atoms with Crippen LogP contribution in [0.2, 0.25) is 0 Å². The maximum atomic E-state index is 11.7. The summed E-state index contributed by atoms with van der Waals surface area (Å²) in [5, 5.41) is 14.9. The number of carboxylic acid groups (broad SMARTS) is 1. The number of aliphatic carboxylic acids is 1. The predicted molar refractivity (Wildman–Crippen MR) is 76.4 cm³/mol. The van der Waals surface area contributed by atoms with Crippen molar-refractivity contribution in [2.45, 2.75) is 45.4 Å². The Hall–Kier alpha value is -1.26. The van der Waals surface area contributed by atoms with Gasteiger partial charge in [0, 0.05) is 13.1 Å². The summed E-state index contributed by atoms with van der Waals surface area (Å²) in [5.74, 6) is 0.383. The lowest BCUT2D eigenvalue weighted by atomic mass is 9.79. The molecule has 3 atom stereocenters. The molecule has 2 aliphatic carbocycles. The van der Waals surface area contributed by atoms with E-state index in [4.69, 9.17) is 0 Å². The van der Waals surface area contributed by atoms with Gasteiger partial charge in [-0.1, -0.05) is 19.8 Å². The monoisotopic (exact) mass is 282 g/mol. The van der Waals surface area contributed by atoms with Crippen LogP contribution in [-0.2, 0) is 4.79 Å². The first kappa shape index (κ1) is 15.1. The minimum Gasteiger partial charge on any atom is -0.481 e. The molecule has 5 heteroatoms. The number of urea groups is 1. The molecule has 0 spiro atoms. The molecule has 2 rings (SSSR count). The van der Waals surface area contributed by atoms with Crippen LogP contribution in [0.25, 0.3) is 0 Å². The molecule has 5 nitrogen and oxygen atoms in total. The van der Waals surface area contributed by atoms with Crippen LogP contribution in [0.3, 0.4) is 0 Å². The largest absolute Gasteiger partial charge is 0.481 e. The summed E-state index contributed by atoms with van der Waals surface area (Å²) >= 11 is 0. The number of carboxylic acids is 1.